The maximum absolute atomic E-state index is 11.9. The molecule has 108 valence electrons. The Bertz CT molecular complexity index is 777. The number of carbonyl (C=O) groups excluding carboxylic acids is 1. The number of hydrogen-bond donors (Lipinski definition) is 2. The third kappa shape index (κ3) is 3.52. The van der Waals surface area contributed by atoms with Gasteiger partial charge in [-0.15, -0.1) is 0 Å². The minimum Gasteiger partial charge on any atom is -0.508 e. The van der Waals surface area contributed by atoms with Crippen LogP contribution in [0.2, 0.25) is 0 Å². The van der Waals surface area contributed by atoms with Crippen LogP contribution < -0.4 is 10.9 Å². The number of nitrogens with zero attached hydrogens (tertiary/aromatic N) is 3. The summed E-state index contributed by atoms with van der Waals surface area (Å²) in [4.78, 5) is 26.2. The van der Waals surface area contributed by atoms with Crippen LogP contribution in [0.15, 0.2) is 38.6 Å². The molecule has 0 atom stereocenters. The zero-order valence-electron chi connectivity index (χ0n) is 10.9. The van der Waals surface area contributed by atoms with E-state index in [-0.39, 0.29) is 30.0 Å². The summed E-state index contributed by atoms with van der Waals surface area (Å²) in [6.45, 7) is 0.549. The minimum absolute atomic E-state index is 0.0269. The van der Waals surface area contributed by atoms with Gasteiger partial charge in [-0.2, -0.15) is 0 Å². The lowest BCUT2D eigenvalue weighted by Gasteiger charge is -2.04. The average Bonchev–Trinajstić information content (AvgIpc) is 2.46. The molecule has 0 aliphatic carbocycles. The summed E-state index contributed by atoms with van der Waals surface area (Å²) in [5.41, 5.74) is 7.43. The number of azide groups is 1. The molecule has 2 aromatic rings. The van der Waals surface area contributed by atoms with Gasteiger partial charge in [0.2, 0.25) is 0 Å². The van der Waals surface area contributed by atoms with E-state index < -0.39 is 11.5 Å². The van der Waals surface area contributed by atoms with Crippen LogP contribution in [0, 0.1) is 0 Å². The molecule has 21 heavy (non-hydrogen) atoms. The van der Waals surface area contributed by atoms with Crippen molar-refractivity contribution in [1.82, 2.24) is 5.32 Å². The van der Waals surface area contributed by atoms with Crippen LogP contribution in [0.4, 0.5) is 0 Å². The number of phenols is 1. The molecule has 0 spiro atoms. The Hall–Kier alpha value is -2.99. The maximum atomic E-state index is 11.9. The quantitative estimate of drug-likeness (QED) is 0.286. The average molecular weight is 288 g/mol. The summed E-state index contributed by atoms with van der Waals surface area (Å²) >= 11 is 0. The molecular formula is C13H12N4O4. The van der Waals surface area contributed by atoms with Crippen molar-refractivity contribution in [3.63, 3.8) is 0 Å². The lowest BCUT2D eigenvalue weighted by Crippen LogP contribution is -2.29. The Balaban J connectivity index is 2.15. The van der Waals surface area contributed by atoms with Crippen molar-refractivity contribution in [3.8, 4) is 5.75 Å². The standard InChI is InChI=1S/C13H12N4O4/c14-17-16-5-1-4-15-12(19)10-6-8-2-3-9(18)7-11(8)21-13(10)20/h2-3,6-7,18H,1,4-5H2,(H,15,19). The number of amides is 1. The van der Waals surface area contributed by atoms with E-state index in [9.17, 15) is 14.7 Å². The van der Waals surface area contributed by atoms with E-state index in [1.54, 1.807) is 6.07 Å². The smallest absolute Gasteiger partial charge is 0.349 e. The zero-order valence-corrected chi connectivity index (χ0v) is 10.9. The third-order valence-corrected chi connectivity index (χ3v) is 2.75. The lowest BCUT2D eigenvalue weighted by molar-refractivity contribution is 0.0950. The van der Waals surface area contributed by atoms with Gasteiger partial charge in [0.25, 0.3) is 5.91 Å². The van der Waals surface area contributed by atoms with Crippen LogP contribution in [0.5, 0.6) is 5.75 Å². The number of benzene rings is 1. The van der Waals surface area contributed by atoms with Gasteiger partial charge in [0.15, 0.2) is 0 Å². The number of phenolic OH excluding ortho intramolecular Hbond substituents is 1. The highest BCUT2D eigenvalue weighted by molar-refractivity contribution is 5.96. The summed E-state index contributed by atoms with van der Waals surface area (Å²) < 4.78 is 5.00. The summed E-state index contributed by atoms with van der Waals surface area (Å²) in [6, 6.07) is 5.69. The number of rotatable bonds is 5. The van der Waals surface area contributed by atoms with Gasteiger partial charge in [0, 0.05) is 29.5 Å². The van der Waals surface area contributed by atoms with Crippen LogP contribution in [0.1, 0.15) is 16.8 Å². The van der Waals surface area contributed by atoms with Crippen LogP contribution in [-0.2, 0) is 0 Å². The fraction of sp³-hybridized carbons (Fsp3) is 0.231. The molecule has 0 saturated carbocycles. The van der Waals surface area contributed by atoms with Crippen molar-refractivity contribution >= 4 is 16.9 Å². The highest BCUT2D eigenvalue weighted by Crippen LogP contribution is 2.19. The van der Waals surface area contributed by atoms with E-state index >= 15 is 0 Å². The van der Waals surface area contributed by atoms with Crippen LogP contribution in [0.25, 0.3) is 21.4 Å². The number of hydrogen-bond acceptors (Lipinski definition) is 5. The molecule has 0 saturated heterocycles. The van der Waals surface area contributed by atoms with Gasteiger partial charge in [-0.1, -0.05) is 5.11 Å². The van der Waals surface area contributed by atoms with Crippen molar-refractivity contribution in [2.75, 3.05) is 13.1 Å². The Morgan fingerprint density at radius 1 is 1.43 bits per heavy atom. The first-order valence-corrected chi connectivity index (χ1v) is 6.18. The molecule has 0 fully saturated rings. The lowest BCUT2D eigenvalue weighted by atomic mass is 10.1. The first-order chi connectivity index (χ1) is 10.1. The molecule has 1 heterocycles. The fourth-order valence-electron chi connectivity index (χ4n) is 1.75. The second-order valence-corrected chi connectivity index (χ2v) is 4.23. The first kappa shape index (κ1) is 14.4. The molecule has 2 rings (SSSR count). The second-order valence-electron chi connectivity index (χ2n) is 4.23. The van der Waals surface area contributed by atoms with Crippen molar-refractivity contribution < 1.29 is 14.3 Å². The van der Waals surface area contributed by atoms with E-state index in [0.717, 1.165) is 0 Å². The highest BCUT2D eigenvalue weighted by atomic mass is 16.4. The molecule has 0 aliphatic heterocycles. The monoisotopic (exact) mass is 288 g/mol. The number of carbonyl (C=O) groups is 1. The molecule has 1 amide bonds. The highest BCUT2D eigenvalue weighted by Gasteiger charge is 2.13. The van der Waals surface area contributed by atoms with E-state index in [2.05, 4.69) is 15.3 Å². The van der Waals surface area contributed by atoms with E-state index in [1.165, 1.54) is 18.2 Å². The fourth-order valence-corrected chi connectivity index (χ4v) is 1.75. The normalized spacial score (nSPS) is 10.1. The molecular weight excluding hydrogens is 276 g/mol. The molecule has 2 N–H and O–H groups in total. The summed E-state index contributed by atoms with van der Waals surface area (Å²) in [5, 5.41) is 15.7. The second kappa shape index (κ2) is 6.44. The summed E-state index contributed by atoms with van der Waals surface area (Å²) in [5.74, 6) is -0.583. The minimum atomic E-state index is -0.777. The van der Waals surface area contributed by atoms with Gasteiger partial charge in [-0.25, -0.2) is 4.79 Å². The molecule has 1 aromatic heterocycles. The van der Waals surface area contributed by atoms with Gasteiger partial charge in [-0.05, 0) is 30.2 Å². The van der Waals surface area contributed by atoms with Crippen molar-refractivity contribution in [2.24, 2.45) is 5.11 Å². The van der Waals surface area contributed by atoms with E-state index in [4.69, 9.17) is 9.95 Å². The zero-order chi connectivity index (χ0) is 15.2. The number of fused-ring (bicyclic) bond motifs is 1. The largest absolute Gasteiger partial charge is 0.508 e. The van der Waals surface area contributed by atoms with E-state index in [1.807, 2.05) is 0 Å². The maximum Gasteiger partial charge on any atom is 0.349 e. The molecule has 8 heteroatoms. The molecule has 0 aliphatic rings. The van der Waals surface area contributed by atoms with Gasteiger partial charge >= 0.3 is 5.63 Å². The first-order valence-electron chi connectivity index (χ1n) is 6.18. The van der Waals surface area contributed by atoms with Gasteiger partial charge < -0.3 is 14.8 Å². The van der Waals surface area contributed by atoms with Crippen LogP contribution in [-0.4, -0.2) is 24.1 Å². The summed E-state index contributed by atoms with van der Waals surface area (Å²) in [6.07, 6.45) is 0.475. The Kier molecular flexibility index (Phi) is 4.43. The van der Waals surface area contributed by atoms with Gasteiger partial charge in [0.1, 0.15) is 16.9 Å². The van der Waals surface area contributed by atoms with Gasteiger partial charge in [-0.3, -0.25) is 4.79 Å². The number of nitrogens with one attached hydrogen (secondary N) is 1. The van der Waals surface area contributed by atoms with Gasteiger partial charge in [0.05, 0.1) is 0 Å². The van der Waals surface area contributed by atoms with Crippen LogP contribution in [0.3, 0.4) is 0 Å². The summed E-state index contributed by atoms with van der Waals surface area (Å²) in [7, 11) is 0. The predicted octanol–water partition coefficient (Wildman–Crippen LogP) is 1.93. The molecule has 0 bridgehead atoms. The topological polar surface area (TPSA) is 128 Å². The Labute approximate surface area is 118 Å². The Morgan fingerprint density at radius 3 is 3.00 bits per heavy atom. The van der Waals surface area contributed by atoms with Crippen molar-refractivity contribution in [1.29, 1.82) is 0 Å². The molecule has 0 unspecified atom stereocenters. The predicted molar refractivity (Wildman–Crippen MR) is 75.1 cm³/mol. The SMILES string of the molecule is [N-]=[N+]=NCCCNC(=O)c1cc2ccc(O)cc2oc1=O. The van der Waals surface area contributed by atoms with Crippen LogP contribution >= 0.6 is 0 Å². The van der Waals surface area contributed by atoms with Crippen molar-refractivity contribution in [2.45, 2.75) is 6.42 Å². The van der Waals surface area contributed by atoms with Crippen molar-refractivity contribution in [3.05, 3.63) is 50.7 Å². The molecule has 1 aromatic carbocycles. The molecule has 8 nitrogen and oxygen atoms in total. The molecule has 0 radical (unpaired) electrons. The number of aromatic hydroxyl groups is 1. The Morgan fingerprint density at radius 2 is 2.24 bits per heavy atom. The van der Waals surface area contributed by atoms with E-state index in [0.29, 0.717) is 11.8 Å². The third-order valence-electron chi connectivity index (χ3n) is 2.75.